The van der Waals surface area contributed by atoms with Gasteiger partial charge in [0.05, 0.1) is 17.1 Å². The van der Waals surface area contributed by atoms with Gasteiger partial charge in [0, 0.05) is 24.5 Å². The maximum Gasteiger partial charge on any atom is 0.264 e. The van der Waals surface area contributed by atoms with E-state index in [-0.39, 0.29) is 22.1 Å². The molecule has 5 nitrogen and oxygen atoms in total. The first-order chi connectivity index (χ1) is 13.3. The summed E-state index contributed by atoms with van der Waals surface area (Å²) in [5, 5.41) is 1.93. The van der Waals surface area contributed by atoms with Crippen molar-refractivity contribution in [2.75, 3.05) is 18.4 Å². The molecule has 1 aromatic heterocycles. The highest BCUT2D eigenvalue weighted by Gasteiger charge is 2.25. The maximum absolute atomic E-state index is 14.0. The minimum absolute atomic E-state index is 0.0611. The quantitative estimate of drug-likeness (QED) is 0.608. The number of rotatable bonds is 6. The number of benzene rings is 2. The van der Waals surface area contributed by atoms with Gasteiger partial charge in [-0.2, -0.15) is 0 Å². The van der Waals surface area contributed by atoms with Crippen molar-refractivity contribution in [3.8, 4) is 0 Å². The van der Waals surface area contributed by atoms with Crippen molar-refractivity contribution in [3.05, 3.63) is 82.3 Å². The molecule has 28 heavy (non-hydrogen) atoms. The zero-order valence-electron chi connectivity index (χ0n) is 15.4. The molecule has 0 bridgehead atoms. The van der Waals surface area contributed by atoms with Gasteiger partial charge < -0.3 is 4.90 Å². The van der Waals surface area contributed by atoms with Gasteiger partial charge in [0.2, 0.25) is 0 Å². The normalized spacial score (nSPS) is 11.2. The molecule has 1 amide bonds. The fraction of sp³-hybridized carbons (Fsp3) is 0.150. The van der Waals surface area contributed by atoms with Gasteiger partial charge in [-0.3, -0.25) is 9.10 Å². The maximum atomic E-state index is 14.0. The Morgan fingerprint density at radius 3 is 2.46 bits per heavy atom. The predicted octanol–water partition coefficient (Wildman–Crippen LogP) is 3.98. The second-order valence-corrected chi connectivity index (χ2v) is 9.19. The molecule has 0 spiro atoms. The van der Waals surface area contributed by atoms with Gasteiger partial charge >= 0.3 is 0 Å². The lowest BCUT2D eigenvalue weighted by Crippen LogP contribution is -2.28. The number of para-hydroxylation sites is 1. The summed E-state index contributed by atoms with van der Waals surface area (Å²) in [4.78, 5) is 15.2. The van der Waals surface area contributed by atoms with Crippen molar-refractivity contribution in [2.45, 2.75) is 11.4 Å². The summed E-state index contributed by atoms with van der Waals surface area (Å²) in [6.07, 6.45) is 0. The molecule has 0 aliphatic carbocycles. The fourth-order valence-electron chi connectivity index (χ4n) is 2.71. The molecular formula is C20H19FN2O3S2. The molecule has 0 aliphatic heterocycles. The monoisotopic (exact) mass is 418 g/mol. The Balaban J connectivity index is 1.87. The predicted molar refractivity (Wildman–Crippen MR) is 109 cm³/mol. The zero-order chi connectivity index (χ0) is 20.3. The highest BCUT2D eigenvalue weighted by molar-refractivity contribution is 7.92. The first kappa shape index (κ1) is 20.0. The molecule has 146 valence electrons. The number of thiophene rings is 1. The lowest BCUT2D eigenvalue weighted by Gasteiger charge is -2.21. The van der Waals surface area contributed by atoms with Gasteiger partial charge in [0.15, 0.2) is 0 Å². The lowest BCUT2D eigenvalue weighted by atomic mass is 10.2. The van der Waals surface area contributed by atoms with E-state index in [1.165, 1.54) is 48.3 Å². The van der Waals surface area contributed by atoms with E-state index in [4.69, 9.17) is 0 Å². The molecule has 2 aromatic carbocycles. The van der Waals surface area contributed by atoms with Crippen LogP contribution in [0.3, 0.4) is 0 Å². The van der Waals surface area contributed by atoms with Crippen LogP contribution in [0.2, 0.25) is 0 Å². The van der Waals surface area contributed by atoms with E-state index in [2.05, 4.69) is 0 Å². The Labute approximate surface area is 167 Å². The number of nitrogens with zero attached hydrogens (tertiary/aromatic N) is 2. The molecule has 0 N–H and O–H groups in total. The third kappa shape index (κ3) is 4.07. The lowest BCUT2D eigenvalue weighted by molar-refractivity contribution is 0.0786. The third-order valence-corrected chi connectivity index (χ3v) is 6.88. The largest absolute Gasteiger partial charge is 0.337 e. The second-order valence-electron chi connectivity index (χ2n) is 6.19. The smallest absolute Gasteiger partial charge is 0.264 e. The number of hydrogen-bond donors (Lipinski definition) is 0. The van der Waals surface area contributed by atoms with E-state index in [0.29, 0.717) is 6.54 Å². The van der Waals surface area contributed by atoms with Crippen molar-refractivity contribution < 1.29 is 17.6 Å². The molecule has 0 unspecified atom stereocenters. The standard InChI is InChI=1S/C20H19FN2O3S2/c1-22(14-16-8-6-12-27-16)20(24)15-7-5-9-17(13-15)28(25,26)23(2)19-11-4-3-10-18(19)21/h3-13H,14H2,1-2H3. The van der Waals surface area contributed by atoms with Crippen LogP contribution in [0.4, 0.5) is 10.1 Å². The van der Waals surface area contributed by atoms with Crippen molar-refractivity contribution in [3.63, 3.8) is 0 Å². The SMILES string of the molecule is CN(Cc1cccs1)C(=O)c1cccc(S(=O)(=O)N(C)c2ccccc2F)c1. The van der Waals surface area contributed by atoms with Gasteiger partial charge in [-0.1, -0.05) is 24.3 Å². The Kier molecular flexibility index (Phi) is 5.81. The van der Waals surface area contributed by atoms with Gasteiger partial charge in [-0.25, -0.2) is 12.8 Å². The summed E-state index contributed by atoms with van der Waals surface area (Å²) in [6.45, 7) is 0.433. The highest BCUT2D eigenvalue weighted by atomic mass is 32.2. The number of amides is 1. The Bertz CT molecular complexity index is 1080. The van der Waals surface area contributed by atoms with Crippen LogP contribution in [0.1, 0.15) is 15.2 Å². The van der Waals surface area contributed by atoms with Crippen LogP contribution >= 0.6 is 11.3 Å². The van der Waals surface area contributed by atoms with Crippen LogP contribution < -0.4 is 4.31 Å². The molecule has 0 radical (unpaired) electrons. The summed E-state index contributed by atoms with van der Waals surface area (Å²) >= 11 is 1.54. The first-order valence-electron chi connectivity index (χ1n) is 8.42. The number of carbonyl (C=O) groups excluding carboxylic acids is 1. The summed E-state index contributed by atoms with van der Waals surface area (Å²) in [5.41, 5.74) is 0.191. The Hall–Kier alpha value is -2.71. The number of halogens is 1. The number of sulfonamides is 1. The van der Waals surface area contributed by atoms with E-state index in [0.717, 1.165) is 9.18 Å². The molecule has 0 aliphatic rings. The van der Waals surface area contributed by atoms with Crippen molar-refractivity contribution in [1.82, 2.24) is 4.90 Å². The van der Waals surface area contributed by atoms with Gasteiger partial charge in [-0.05, 0) is 41.8 Å². The molecule has 3 aromatic rings. The Morgan fingerprint density at radius 2 is 1.79 bits per heavy atom. The first-order valence-corrected chi connectivity index (χ1v) is 10.7. The topological polar surface area (TPSA) is 57.7 Å². The van der Waals surface area contributed by atoms with Crippen molar-refractivity contribution in [2.24, 2.45) is 0 Å². The average Bonchev–Trinajstić information content (AvgIpc) is 3.20. The van der Waals surface area contributed by atoms with Gasteiger partial charge in [0.25, 0.3) is 15.9 Å². The molecule has 8 heteroatoms. The minimum Gasteiger partial charge on any atom is -0.337 e. The van der Waals surface area contributed by atoms with Crippen molar-refractivity contribution in [1.29, 1.82) is 0 Å². The van der Waals surface area contributed by atoms with Gasteiger partial charge in [-0.15, -0.1) is 11.3 Å². The van der Waals surface area contributed by atoms with Crippen LogP contribution in [0, 0.1) is 5.82 Å². The molecule has 3 rings (SSSR count). The number of hydrogen-bond acceptors (Lipinski definition) is 4. The molecule has 0 saturated heterocycles. The summed E-state index contributed by atoms with van der Waals surface area (Å²) < 4.78 is 40.7. The van der Waals surface area contributed by atoms with Crippen LogP contribution in [-0.2, 0) is 16.6 Å². The van der Waals surface area contributed by atoms with Crippen LogP contribution in [-0.4, -0.2) is 33.3 Å². The summed E-state index contributed by atoms with van der Waals surface area (Å²) in [6, 6.07) is 15.2. The average molecular weight is 419 g/mol. The number of carbonyl (C=O) groups is 1. The van der Waals surface area contributed by atoms with Crippen molar-refractivity contribution >= 4 is 33.0 Å². The van der Waals surface area contributed by atoms with E-state index in [1.54, 1.807) is 30.5 Å². The van der Waals surface area contributed by atoms with E-state index < -0.39 is 15.8 Å². The highest BCUT2D eigenvalue weighted by Crippen LogP contribution is 2.25. The molecule has 0 saturated carbocycles. The molecular weight excluding hydrogens is 399 g/mol. The second kappa shape index (κ2) is 8.12. The Morgan fingerprint density at radius 1 is 1.04 bits per heavy atom. The summed E-state index contributed by atoms with van der Waals surface area (Å²) in [5.74, 6) is -0.935. The van der Waals surface area contributed by atoms with Crippen LogP contribution in [0.25, 0.3) is 0 Å². The third-order valence-electron chi connectivity index (χ3n) is 4.25. The number of anilines is 1. The summed E-state index contributed by atoms with van der Waals surface area (Å²) in [7, 11) is -1.08. The van der Waals surface area contributed by atoms with Crippen LogP contribution in [0.15, 0.2) is 70.9 Å². The minimum atomic E-state index is -4.02. The van der Waals surface area contributed by atoms with Crippen LogP contribution in [0.5, 0.6) is 0 Å². The van der Waals surface area contributed by atoms with E-state index in [9.17, 15) is 17.6 Å². The zero-order valence-corrected chi connectivity index (χ0v) is 17.0. The molecule has 1 heterocycles. The van der Waals surface area contributed by atoms with E-state index in [1.807, 2.05) is 17.5 Å². The van der Waals surface area contributed by atoms with E-state index >= 15 is 0 Å². The molecule has 0 atom stereocenters. The molecule has 0 fully saturated rings. The van der Waals surface area contributed by atoms with Gasteiger partial charge in [0.1, 0.15) is 5.82 Å². The fourth-order valence-corrected chi connectivity index (χ4v) is 4.72.